The Morgan fingerprint density at radius 2 is 1.61 bits per heavy atom. The van der Waals surface area contributed by atoms with Crippen molar-refractivity contribution < 1.29 is 0 Å². The molecule has 3 aromatic rings. The fraction of sp³-hybridized carbons (Fsp3) is 0.176. The lowest BCUT2D eigenvalue weighted by Crippen LogP contribution is -2.14. The predicted octanol–water partition coefficient (Wildman–Crippen LogP) is 2.77. The van der Waals surface area contributed by atoms with E-state index in [1.165, 1.54) is 16.7 Å². The minimum Gasteiger partial charge on any atom is -0.399 e. The highest BCUT2D eigenvalue weighted by atomic mass is 32.2. The van der Waals surface area contributed by atoms with E-state index in [0.717, 1.165) is 17.3 Å². The van der Waals surface area contributed by atoms with Crippen molar-refractivity contribution >= 4 is 17.4 Å². The van der Waals surface area contributed by atoms with Crippen LogP contribution in [-0.2, 0) is 12.2 Å². The monoisotopic (exact) mass is 325 g/mol. The number of rotatable bonds is 5. The first-order valence-corrected chi connectivity index (χ1v) is 8.32. The van der Waals surface area contributed by atoms with E-state index in [9.17, 15) is 0 Å². The van der Waals surface area contributed by atoms with Crippen molar-refractivity contribution in [2.75, 3.05) is 11.6 Å². The molecule has 0 aliphatic carbocycles. The first kappa shape index (κ1) is 15.4. The molecule has 0 bridgehead atoms. The number of nitrogens with zero attached hydrogens (tertiary/aromatic N) is 3. The molecule has 4 N–H and O–H groups in total. The SMILES string of the molecule is Cc1ccc(Cc2nnc(SCc3ccc(N)cc3)n2N)cc1. The van der Waals surface area contributed by atoms with Crippen LogP contribution < -0.4 is 11.6 Å². The van der Waals surface area contributed by atoms with E-state index in [-0.39, 0.29) is 0 Å². The quantitative estimate of drug-likeness (QED) is 0.428. The van der Waals surface area contributed by atoms with Crippen molar-refractivity contribution in [3.8, 4) is 0 Å². The standard InChI is InChI=1S/C17H19N5S/c1-12-2-4-13(5-3-12)10-16-20-21-17(22(16)19)23-11-14-6-8-15(18)9-7-14/h2-9H,10-11,18-19H2,1H3. The largest absolute Gasteiger partial charge is 0.399 e. The lowest BCUT2D eigenvalue weighted by Gasteiger charge is -2.05. The van der Waals surface area contributed by atoms with Gasteiger partial charge in [-0.2, -0.15) is 0 Å². The van der Waals surface area contributed by atoms with Gasteiger partial charge in [0.2, 0.25) is 5.16 Å². The maximum Gasteiger partial charge on any atom is 0.210 e. The molecule has 0 aliphatic heterocycles. The molecule has 2 aromatic carbocycles. The second-order valence-electron chi connectivity index (χ2n) is 5.46. The van der Waals surface area contributed by atoms with Gasteiger partial charge in [0.05, 0.1) is 0 Å². The number of hydrogen-bond donors (Lipinski definition) is 2. The van der Waals surface area contributed by atoms with E-state index in [1.54, 1.807) is 16.4 Å². The highest BCUT2D eigenvalue weighted by Crippen LogP contribution is 2.21. The molecule has 5 nitrogen and oxygen atoms in total. The van der Waals surface area contributed by atoms with Crippen LogP contribution in [0.2, 0.25) is 0 Å². The summed E-state index contributed by atoms with van der Waals surface area (Å²) in [6.07, 6.45) is 0.673. The smallest absolute Gasteiger partial charge is 0.210 e. The van der Waals surface area contributed by atoms with Crippen molar-refractivity contribution in [3.05, 3.63) is 71.0 Å². The van der Waals surface area contributed by atoms with Gasteiger partial charge in [0, 0.05) is 17.9 Å². The summed E-state index contributed by atoms with van der Waals surface area (Å²) >= 11 is 1.56. The minimum absolute atomic E-state index is 0.673. The van der Waals surface area contributed by atoms with Gasteiger partial charge in [0.1, 0.15) is 0 Å². The molecular weight excluding hydrogens is 306 g/mol. The minimum atomic E-state index is 0.673. The van der Waals surface area contributed by atoms with E-state index in [2.05, 4.69) is 41.4 Å². The fourth-order valence-corrected chi connectivity index (χ4v) is 3.01. The number of nitrogens with two attached hydrogens (primary N) is 2. The van der Waals surface area contributed by atoms with Crippen LogP contribution in [0.4, 0.5) is 5.69 Å². The van der Waals surface area contributed by atoms with Crippen molar-refractivity contribution in [1.82, 2.24) is 14.9 Å². The third-order valence-corrected chi connectivity index (χ3v) is 4.58. The first-order chi connectivity index (χ1) is 11.1. The lowest BCUT2D eigenvalue weighted by atomic mass is 10.1. The summed E-state index contributed by atoms with van der Waals surface area (Å²) in [7, 11) is 0. The average molecular weight is 325 g/mol. The van der Waals surface area contributed by atoms with Crippen molar-refractivity contribution in [3.63, 3.8) is 0 Å². The fourth-order valence-electron chi connectivity index (χ4n) is 2.18. The van der Waals surface area contributed by atoms with Crippen LogP contribution in [0.15, 0.2) is 53.7 Å². The molecule has 0 unspecified atom stereocenters. The molecule has 1 aromatic heterocycles. The number of aryl methyl sites for hydroxylation is 1. The Bertz CT molecular complexity index is 778. The average Bonchev–Trinajstić information content (AvgIpc) is 2.90. The predicted molar refractivity (Wildman–Crippen MR) is 94.6 cm³/mol. The van der Waals surface area contributed by atoms with Crippen molar-refractivity contribution in [1.29, 1.82) is 0 Å². The van der Waals surface area contributed by atoms with Gasteiger partial charge in [-0.05, 0) is 30.2 Å². The van der Waals surface area contributed by atoms with Crippen LogP contribution in [0.25, 0.3) is 0 Å². The van der Waals surface area contributed by atoms with E-state index < -0.39 is 0 Å². The van der Waals surface area contributed by atoms with Crippen LogP contribution >= 0.6 is 11.8 Å². The zero-order valence-electron chi connectivity index (χ0n) is 12.9. The summed E-state index contributed by atoms with van der Waals surface area (Å²) in [6, 6.07) is 16.2. The number of hydrogen-bond acceptors (Lipinski definition) is 5. The van der Waals surface area contributed by atoms with Gasteiger partial charge in [-0.15, -0.1) is 10.2 Å². The van der Waals surface area contributed by atoms with Gasteiger partial charge in [-0.25, -0.2) is 4.68 Å². The molecule has 0 spiro atoms. The van der Waals surface area contributed by atoms with Crippen LogP contribution in [0.5, 0.6) is 0 Å². The topological polar surface area (TPSA) is 82.8 Å². The highest BCUT2D eigenvalue weighted by Gasteiger charge is 2.11. The molecule has 0 saturated heterocycles. The Balaban J connectivity index is 1.66. The van der Waals surface area contributed by atoms with E-state index in [0.29, 0.717) is 11.6 Å². The Hall–Kier alpha value is -2.47. The normalized spacial score (nSPS) is 10.8. The molecular formula is C17H19N5S. The number of aromatic nitrogens is 3. The summed E-state index contributed by atoms with van der Waals surface area (Å²) in [6.45, 7) is 2.07. The summed E-state index contributed by atoms with van der Waals surface area (Å²) in [5, 5.41) is 9.11. The molecule has 0 fully saturated rings. The first-order valence-electron chi connectivity index (χ1n) is 7.34. The Kier molecular flexibility index (Phi) is 4.52. The summed E-state index contributed by atoms with van der Waals surface area (Å²) in [4.78, 5) is 0. The van der Waals surface area contributed by atoms with Crippen molar-refractivity contribution in [2.45, 2.75) is 24.3 Å². The zero-order valence-corrected chi connectivity index (χ0v) is 13.8. The van der Waals surface area contributed by atoms with Gasteiger partial charge < -0.3 is 11.6 Å². The van der Waals surface area contributed by atoms with Gasteiger partial charge in [0.15, 0.2) is 5.82 Å². The molecule has 0 atom stereocenters. The van der Waals surface area contributed by atoms with Gasteiger partial charge in [-0.3, -0.25) is 0 Å². The molecule has 0 saturated carbocycles. The molecule has 1 heterocycles. The van der Waals surface area contributed by atoms with Gasteiger partial charge in [0.25, 0.3) is 0 Å². The number of nitrogen functional groups attached to an aromatic ring is 2. The second kappa shape index (κ2) is 6.75. The summed E-state index contributed by atoms with van der Waals surface area (Å²) < 4.78 is 1.57. The third kappa shape index (κ3) is 3.84. The zero-order chi connectivity index (χ0) is 16.2. The van der Waals surface area contributed by atoms with E-state index in [4.69, 9.17) is 11.6 Å². The summed E-state index contributed by atoms with van der Waals surface area (Å²) in [5.74, 6) is 7.66. The Morgan fingerprint density at radius 1 is 0.957 bits per heavy atom. The van der Waals surface area contributed by atoms with Crippen LogP contribution in [0.3, 0.4) is 0 Å². The third-order valence-electron chi connectivity index (χ3n) is 3.57. The molecule has 23 heavy (non-hydrogen) atoms. The van der Waals surface area contributed by atoms with Crippen molar-refractivity contribution in [2.24, 2.45) is 0 Å². The number of benzene rings is 2. The lowest BCUT2D eigenvalue weighted by molar-refractivity contribution is 0.805. The molecule has 118 valence electrons. The van der Waals surface area contributed by atoms with Gasteiger partial charge >= 0.3 is 0 Å². The molecule has 6 heteroatoms. The maximum atomic E-state index is 6.12. The van der Waals surface area contributed by atoms with E-state index >= 15 is 0 Å². The number of anilines is 1. The van der Waals surface area contributed by atoms with Crippen LogP contribution in [0, 0.1) is 6.92 Å². The maximum absolute atomic E-state index is 6.12. The van der Waals surface area contributed by atoms with E-state index in [1.807, 2.05) is 24.3 Å². The molecule has 3 rings (SSSR count). The Morgan fingerprint density at radius 3 is 2.30 bits per heavy atom. The number of thioether (sulfide) groups is 1. The van der Waals surface area contributed by atoms with Crippen LogP contribution in [-0.4, -0.2) is 14.9 Å². The Labute approximate surface area is 139 Å². The molecule has 0 radical (unpaired) electrons. The highest BCUT2D eigenvalue weighted by molar-refractivity contribution is 7.98. The van der Waals surface area contributed by atoms with Crippen LogP contribution in [0.1, 0.15) is 22.5 Å². The van der Waals surface area contributed by atoms with Gasteiger partial charge in [-0.1, -0.05) is 53.7 Å². The molecule has 0 amide bonds. The second-order valence-corrected chi connectivity index (χ2v) is 6.40. The molecule has 0 aliphatic rings. The summed E-state index contributed by atoms with van der Waals surface area (Å²) in [5.41, 5.74) is 10.0.